The first kappa shape index (κ1) is 17.4. The molecule has 0 aliphatic carbocycles. The molecule has 0 saturated carbocycles. The second-order valence-corrected chi connectivity index (χ2v) is 7.59. The van der Waals surface area contributed by atoms with Crippen LogP contribution in [0, 0.1) is 6.92 Å². The highest BCUT2D eigenvalue weighted by Gasteiger charge is 2.20. The van der Waals surface area contributed by atoms with Gasteiger partial charge in [-0.05, 0) is 42.5 Å². The molecule has 0 fully saturated rings. The zero-order valence-electron chi connectivity index (χ0n) is 15.3. The van der Waals surface area contributed by atoms with Gasteiger partial charge in [0, 0.05) is 12.6 Å². The van der Waals surface area contributed by atoms with Crippen LogP contribution in [0.1, 0.15) is 23.6 Å². The van der Waals surface area contributed by atoms with Crippen molar-refractivity contribution in [2.45, 2.75) is 24.3 Å². The Morgan fingerprint density at radius 2 is 1.78 bits per heavy atom. The monoisotopic (exact) mass is 377 g/mol. The SMILES string of the molecule is Cc1cccc(-c2nnc(SC(C)c3nnnn3-c3ccccc3)n2C)c1. The van der Waals surface area contributed by atoms with Gasteiger partial charge in [-0.25, -0.2) is 0 Å². The fraction of sp³-hybridized carbons (Fsp3) is 0.211. The summed E-state index contributed by atoms with van der Waals surface area (Å²) < 4.78 is 3.77. The highest BCUT2D eigenvalue weighted by atomic mass is 32.2. The molecule has 0 aliphatic heterocycles. The predicted octanol–water partition coefficient (Wildman–Crippen LogP) is 3.62. The summed E-state index contributed by atoms with van der Waals surface area (Å²) in [6.45, 7) is 4.14. The van der Waals surface area contributed by atoms with Gasteiger partial charge in [0.05, 0.1) is 10.9 Å². The lowest BCUT2D eigenvalue weighted by Crippen LogP contribution is -2.05. The molecule has 4 rings (SSSR count). The van der Waals surface area contributed by atoms with Crippen molar-refractivity contribution < 1.29 is 0 Å². The zero-order valence-corrected chi connectivity index (χ0v) is 16.1. The molecule has 0 N–H and O–H groups in total. The van der Waals surface area contributed by atoms with E-state index < -0.39 is 0 Å². The summed E-state index contributed by atoms with van der Waals surface area (Å²) in [6.07, 6.45) is 0. The molecule has 136 valence electrons. The average Bonchev–Trinajstić information content (AvgIpc) is 3.30. The van der Waals surface area contributed by atoms with Crippen molar-refractivity contribution in [1.82, 2.24) is 35.0 Å². The van der Waals surface area contributed by atoms with Gasteiger partial charge in [-0.3, -0.25) is 0 Å². The normalized spacial score (nSPS) is 12.3. The van der Waals surface area contributed by atoms with Crippen molar-refractivity contribution in [2.75, 3.05) is 0 Å². The fourth-order valence-electron chi connectivity index (χ4n) is 2.86. The van der Waals surface area contributed by atoms with E-state index in [0.717, 1.165) is 28.1 Å². The Labute approximate surface area is 161 Å². The second-order valence-electron chi connectivity index (χ2n) is 6.28. The van der Waals surface area contributed by atoms with Crippen molar-refractivity contribution in [3.63, 3.8) is 0 Å². The molecule has 0 saturated heterocycles. The van der Waals surface area contributed by atoms with Crippen LogP contribution in [0.25, 0.3) is 17.1 Å². The zero-order chi connectivity index (χ0) is 18.8. The highest BCUT2D eigenvalue weighted by Crippen LogP contribution is 2.34. The summed E-state index contributed by atoms with van der Waals surface area (Å²) in [6, 6.07) is 18.1. The van der Waals surface area contributed by atoms with E-state index in [2.05, 4.69) is 51.7 Å². The lowest BCUT2D eigenvalue weighted by Gasteiger charge is -2.11. The van der Waals surface area contributed by atoms with Crippen LogP contribution in [0.15, 0.2) is 59.8 Å². The number of benzene rings is 2. The molecule has 4 aromatic rings. The molecular weight excluding hydrogens is 358 g/mol. The van der Waals surface area contributed by atoms with Crippen LogP contribution in [0.4, 0.5) is 0 Å². The molecule has 7 nitrogen and oxygen atoms in total. The summed E-state index contributed by atoms with van der Waals surface area (Å²) >= 11 is 1.58. The van der Waals surface area contributed by atoms with E-state index >= 15 is 0 Å². The lowest BCUT2D eigenvalue weighted by atomic mass is 10.1. The Kier molecular flexibility index (Phi) is 4.72. The molecule has 1 atom stereocenters. The fourth-order valence-corrected chi connectivity index (χ4v) is 3.77. The quantitative estimate of drug-likeness (QED) is 0.495. The predicted molar refractivity (Wildman–Crippen MR) is 105 cm³/mol. The number of tetrazole rings is 1. The van der Waals surface area contributed by atoms with Gasteiger partial charge in [0.1, 0.15) is 0 Å². The van der Waals surface area contributed by atoms with Crippen molar-refractivity contribution in [1.29, 1.82) is 0 Å². The smallest absolute Gasteiger partial charge is 0.191 e. The number of thioether (sulfide) groups is 1. The van der Waals surface area contributed by atoms with E-state index in [9.17, 15) is 0 Å². The highest BCUT2D eigenvalue weighted by molar-refractivity contribution is 7.99. The minimum atomic E-state index is 0.00784. The van der Waals surface area contributed by atoms with Gasteiger partial charge in [0.25, 0.3) is 0 Å². The third kappa shape index (κ3) is 3.48. The standard InChI is InChI=1S/C19H19N7S/c1-13-8-7-9-15(12-13)18-20-22-19(25(18)3)27-14(2)17-21-23-24-26(17)16-10-5-4-6-11-16/h4-12,14H,1-3H3. The molecule has 27 heavy (non-hydrogen) atoms. The molecule has 0 bridgehead atoms. The second kappa shape index (κ2) is 7.32. The third-order valence-corrected chi connectivity index (χ3v) is 5.38. The van der Waals surface area contributed by atoms with Crippen LogP contribution in [-0.2, 0) is 7.05 Å². The molecule has 0 aliphatic rings. The molecule has 8 heteroatoms. The molecule has 2 aromatic carbocycles. The Morgan fingerprint density at radius 1 is 0.963 bits per heavy atom. The number of para-hydroxylation sites is 1. The Balaban J connectivity index is 1.60. The first-order chi connectivity index (χ1) is 13.1. The Hall–Kier alpha value is -3.00. The molecule has 0 radical (unpaired) electrons. The molecular formula is C19H19N7S. The summed E-state index contributed by atoms with van der Waals surface area (Å²) in [7, 11) is 1.98. The summed E-state index contributed by atoms with van der Waals surface area (Å²) in [5.41, 5.74) is 3.18. The average molecular weight is 377 g/mol. The van der Waals surface area contributed by atoms with Crippen LogP contribution in [0.2, 0.25) is 0 Å². The summed E-state index contributed by atoms with van der Waals surface area (Å²) in [5.74, 6) is 1.61. The number of hydrogen-bond acceptors (Lipinski definition) is 6. The lowest BCUT2D eigenvalue weighted by molar-refractivity contribution is 0.755. The van der Waals surface area contributed by atoms with Crippen molar-refractivity contribution in [3.05, 3.63) is 66.0 Å². The van der Waals surface area contributed by atoms with Gasteiger partial charge < -0.3 is 4.57 Å². The number of hydrogen-bond donors (Lipinski definition) is 0. The van der Waals surface area contributed by atoms with Gasteiger partial charge in [0.2, 0.25) is 0 Å². The van der Waals surface area contributed by atoms with Crippen LogP contribution in [0.5, 0.6) is 0 Å². The maximum absolute atomic E-state index is 4.38. The first-order valence-electron chi connectivity index (χ1n) is 8.60. The van der Waals surface area contributed by atoms with Crippen LogP contribution in [-0.4, -0.2) is 35.0 Å². The largest absolute Gasteiger partial charge is 0.305 e. The molecule has 1 unspecified atom stereocenters. The van der Waals surface area contributed by atoms with E-state index in [-0.39, 0.29) is 5.25 Å². The number of aromatic nitrogens is 7. The molecule has 0 spiro atoms. The number of aryl methyl sites for hydroxylation is 1. The molecule has 2 heterocycles. The first-order valence-corrected chi connectivity index (χ1v) is 9.48. The van der Waals surface area contributed by atoms with Crippen molar-refractivity contribution >= 4 is 11.8 Å². The van der Waals surface area contributed by atoms with Crippen LogP contribution < -0.4 is 0 Å². The van der Waals surface area contributed by atoms with Crippen molar-refractivity contribution in [2.24, 2.45) is 7.05 Å². The van der Waals surface area contributed by atoms with Crippen molar-refractivity contribution in [3.8, 4) is 17.1 Å². The van der Waals surface area contributed by atoms with Crippen LogP contribution >= 0.6 is 11.8 Å². The minimum absolute atomic E-state index is 0.00784. The molecule has 2 aromatic heterocycles. The Morgan fingerprint density at radius 3 is 2.56 bits per heavy atom. The van der Waals surface area contributed by atoms with Gasteiger partial charge in [-0.2, -0.15) is 4.68 Å². The van der Waals surface area contributed by atoms with Gasteiger partial charge in [0.15, 0.2) is 16.8 Å². The topological polar surface area (TPSA) is 74.3 Å². The van der Waals surface area contributed by atoms with E-state index in [1.54, 1.807) is 16.4 Å². The van der Waals surface area contributed by atoms with E-state index in [4.69, 9.17) is 0 Å². The van der Waals surface area contributed by atoms with E-state index in [1.807, 2.05) is 54.1 Å². The van der Waals surface area contributed by atoms with E-state index in [0.29, 0.717) is 0 Å². The van der Waals surface area contributed by atoms with Gasteiger partial charge in [-0.1, -0.05) is 53.7 Å². The maximum atomic E-state index is 4.38. The maximum Gasteiger partial charge on any atom is 0.191 e. The summed E-state index contributed by atoms with van der Waals surface area (Å²) in [5, 5.41) is 21.8. The van der Waals surface area contributed by atoms with Crippen LogP contribution in [0.3, 0.4) is 0 Å². The number of rotatable bonds is 5. The molecule has 0 amide bonds. The van der Waals surface area contributed by atoms with Gasteiger partial charge >= 0.3 is 0 Å². The minimum Gasteiger partial charge on any atom is -0.305 e. The van der Waals surface area contributed by atoms with E-state index in [1.165, 1.54) is 5.56 Å². The third-order valence-electron chi connectivity index (χ3n) is 4.25. The summed E-state index contributed by atoms with van der Waals surface area (Å²) in [4.78, 5) is 0. The number of nitrogens with zero attached hydrogens (tertiary/aromatic N) is 7. The van der Waals surface area contributed by atoms with Gasteiger partial charge in [-0.15, -0.1) is 15.3 Å². The Bertz CT molecular complexity index is 1050.